The van der Waals surface area contributed by atoms with E-state index in [9.17, 15) is 9.50 Å². The normalized spacial score (nSPS) is 12.4. The third-order valence-corrected chi connectivity index (χ3v) is 3.81. The first-order valence-electron chi connectivity index (χ1n) is 6.37. The van der Waals surface area contributed by atoms with Gasteiger partial charge in [0.05, 0.1) is 0 Å². The van der Waals surface area contributed by atoms with E-state index in [1.807, 2.05) is 6.07 Å². The zero-order valence-corrected chi connectivity index (χ0v) is 12.3. The van der Waals surface area contributed by atoms with Crippen molar-refractivity contribution in [3.63, 3.8) is 0 Å². The molecule has 2 aromatic rings. The molecule has 2 aromatic carbocycles. The average molecular weight is 313 g/mol. The van der Waals surface area contributed by atoms with Crippen LogP contribution in [0.5, 0.6) is 0 Å². The Morgan fingerprint density at radius 3 is 2.30 bits per heavy atom. The third kappa shape index (κ3) is 4.20. The molecule has 0 aliphatic rings. The SMILES string of the molecule is OCC(Cc1ccc(F)cc1)Cc1ccc(Cl)cc1Cl. The van der Waals surface area contributed by atoms with Crippen LogP contribution in [-0.4, -0.2) is 11.7 Å². The van der Waals surface area contributed by atoms with Crippen molar-refractivity contribution < 1.29 is 9.50 Å². The van der Waals surface area contributed by atoms with Gasteiger partial charge in [0.25, 0.3) is 0 Å². The van der Waals surface area contributed by atoms with Crippen LogP contribution in [0.1, 0.15) is 11.1 Å². The maximum Gasteiger partial charge on any atom is 0.123 e. The van der Waals surface area contributed by atoms with E-state index >= 15 is 0 Å². The Hall–Kier alpha value is -1.09. The number of aliphatic hydroxyl groups is 1. The molecule has 2 rings (SSSR count). The standard InChI is InChI=1S/C16H15Cl2FO/c17-14-4-3-13(16(18)9-14)8-12(10-20)7-11-1-5-15(19)6-2-11/h1-6,9,12,20H,7-8,10H2. The molecule has 0 fully saturated rings. The predicted molar refractivity (Wildman–Crippen MR) is 80.8 cm³/mol. The van der Waals surface area contributed by atoms with Gasteiger partial charge in [0.2, 0.25) is 0 Å². The summed E-state index contributed by atoms with van der Waals surface area (Å²) in [7, 11) is 0. The third-order valence-electron chi connectivity index (χ3n) is 3.22. The maximum absolute atomic E-state index is 12.9. The van der Waals surface area contributed by atoms with E-state index in [0.717, 1.165) is 11.1 Å². The fourth-order valence-corrected chi connectivity index (χ4v) is 2.64. The van der Waals surface area contributed by atoms with Gasteiger partial charge in [-0.2, -0.15) is 0 Å². The van der Waals surface area contributed by atoms with E-state index < -0.39 is 0 Å². The molecule has 1 nitrogen and oxygen atoms in total. The van der Waals surface area contributed by atoms with Gasteiger partial charge in [-0.15, -0.1) is 0 Å². The predicted octanol–water partition coefficient (Wildman–Crippen LogP) is 4.53. The highest BCUT2D eigenvalue weighted by Gasteiger charge is 2.12. The summed E-state index contributed by atoms with van der Waals surface area (Å²) in [4.78, 5) is 0. The van der Waals surface area contributed by atoms with Gasteiger partial charge < -0.3 is 5.11 Å². The van der Waals surface area contributed by atoms with Crippen molar-refractivity contribution in [2.24, 2.45) is 5.92 Å². The molecule has 0 amide bonds. The largest absolute Gasteiger partial charge is 0.396 e. The topological polar surface area (TPSA) is 20.2 Å². The Bertz CT molecular complexity index is 569. The van der Waals surface area contributed by atoms with E-state index in [1.54, 1.807) is 24.3 Å². The van der Waals surface area contributed by atoms with E-state index in [4.69, 9.17) is 23.2 Å². The summed E-state index contributed by atoms with van der Waals surface area (Å²) in [6.07, 6.45) is 1.33. The molecule has 1 unspecified atom stereocenters. The van der Waals surface area contributed by atoms with Crippen LogP contribution < -0.4 is 0 Å². The second-order valence-electron chi connectivity index (χ2n) is 4.82. The molecule has 0 saturated heterocycles. The van der Waals surface area contributed by atoms with E-state index in [-0.39, 0.29) is 18.3 Å². The van der Waals surface area contributed by atoms with Crippen molar-refractivity contribution in [2.45, 2.75) is 12.8 Å². The molecule has 0 aromatic heterocycles. The Labute approximate surface area is 128 Å². The zero-order valence-electron chi connectivity index (χ0n) is 10.8. The molecule has 0 saturated carbocycles. The van der Waals surface area contributed by atoms with Gasteiger partial charge in [0.15, 0.2) is 0 Å². The fraction of sp³-hybridized carbons (Fsp3) is 0.250. The highest BCUT2D eigenvalue weighted by molar-refractivity contribution is 6.35. The Kier molecular flexibility index (Phi) is 5.41. The number of hydrogen-bond acceptors (Lipinski definition) is 1. The first-order valence-corrected chi connectivity index (χ1v) is 7.13. The van der Waals surface area contributed by atoms with Gasteiger partial charge >= 0.3 is 0 Å². The number of benzene rings is 2. The smallest absolute Gasteiger partial charge is 0.123 e. The van der Waals surface area contributed by atoms with E-state index in [2.05, 4.69) is 0 Å². The highest BCUT2D eigenvalue weighted by atomic mass is 35.5. The summed E-state index contributed by atoms with van der Waals surface area (Å²) in [6.45, 7) is 0.0519. The molecule has 0 aliphatic carbocycles. The molecule has 0 heterocycles. The van der Waals surface area contributed by atoms with Crippen LogP contribution in [0.15, 0.2) is 42.5 Å². The van der Waals surface area contributed by atoms with Crippen molar-refractivity contribution in [2.75, 3.05) is 6.61 Å². The minimum absolute atomic E-state index is 0.0409. The molecule has 0 aliphatic heterocycles. The average Bonchev–Trinajstić information content (AvgIpc) is 2.43. The lowest BCUT2D eigenvalue weighted by Crippen LogP contribution is -2.13. The summed E-state index contributed by atoms with van der Waals surface area (Å²) in [5.74, 6) is -0.214. The number of aliphatic hydroxyl groups excluding tert-OH is 1. The summed E-state index contributed by atoms with van der Waals surface area (Å²) in [5, 5.41) is 10.7. The van der Waals surface area contributed by atoms with Crippen molar-refractivity contribution >= 4 is 23.2 Å². The van der Waals surface area contributed by atoms with Gasteiger partial charge in [-0.25, -0.2) is 4.39 Å². The lowest BCUT2D eigenvalue weighted by molar-refractivity contribution is 0.225. The van der Waals surface area contributed by atoms with Crippen LogP contribution >= 0.6 is 23.2 Å². The molecule has 20 heavy (non-hydrogen) atoms. The summed E-state index contributed by atoms with van der Waals surface area (Å²) < 4.78 is 12.9. The lowest BCUT2D eigenvalue weighted by atomic mass is 9.93. The second kappa shape index (κ2) is 7.07. The minimum Gasteiger partial charge on any atom is -0.396 e. The molecular formula is C16H15Cl2FO. The molecule has 106 valence electrons. The van der Waals surface area contributed by atoms with E-state index in [0.29, 0.717) is 22.9 Å². The molecular weight excluding hydrogens is 298 g/mol. The lowest BCUT2D eigenvalue weighted by Gasteiger charge is -2.15. The minimum atomic E-state index is -0.255. The molecule has 4 heteroatoms. The molecule has 1 atom stereocenters. The van der Waals surface area contributed by atoms with Gasteiger partial charge in [-0.05, 0) is 54.2 Å². The summed E-state index contributed by atoms with van der Waals surface area (Å²) in [5.41, 5.74) is 1.95. The fourth-order valence-electron chi connectivity index (χ4n) is 2.15. The summed E-state index contributed by atoms with van der Waals surface area (Å²) in [6, 6.07) is 11.7. The number of hydrogen-bond donors (Lipinski definition) is 1. The van der Waals surface area contributed by atoms with Crippen molar-refractivity contribution in [3.8, 4) is 0 Å². The number of rotatable bonds is 5. The monoisotopic (exact) mass is 312 g/mol. The van der Waals surface area contributed by atoms with Crippen molar-refractivity contribution in [1.82, 2.24) is 0 Å². The van der Waals surface area contributed by atoms with Crippen LogP contribution in [0, 0.1) is 11.7 Å². The van der Waals surface area contributed by atoms with Crippen LogP contribution in [0.25, 0.3) is 0 Å². The first kappa shape index (κ1) is 15.3. The molecule has 0 radical (unpaired) electrons. The Morgan fingerprint density at radius 1 is 1.00 bits per heavy atom. The van der Waals surface area contributed by atoms with Crippen LogP contribution in [0.3, 0.4) is 0 Å². The van der Waals surface area contributed by atoms with Gasteiger partial charge in [-0.1, -0.05) is 41.4 Å². The molecule has 0 bridgehead atoms. The quantitative estimate of drug-likeness (QED) is 0.860. The van der Waals surface area contributed by atoms with Crippen LogP contribution in [-0.2, 0) is 12.8 Å². The van der Waals surface area contributed by atoms with Crippen LogP contribution in [0.2, 0.25) is 10.0 Å². The summed E-state index contributed by atoms with van der Waals surface area (Å²) >= 11 is 12.0. The van der Waals surface area contributed by atoms with Gasteiger partial charge in [0, 0.05) is 16.7 Å². The molecule has 1 N–H and O–H groups in total. The zero-order chi connectivity index (χ0) is 14.5. The number of halogens is 3. The van der Waals surface area contributed by atoms with Crippen molar-refractivity contribution in [3.05, 3.63) is 69.5 Å². The van der Waals surface area contributed by atoms with E-state index in [1.165, 1.54) is 12.1 Å². The van der Waals surface area contributed by atoms with Crippen LogP contribution in [0.4, 0.5) is 4.39 Å². The van der Waals surface area contributed by atoms with Gasteiger partial charge in [-0.3, -0.25) is 0 Å². The highest BCUT2D eigenvalue weighted by Crippen LogP contribution is 2.24. The van der Waals surface area contributed by atoms with Gasteiger partial charge in [0.1, 0.15) is 5.82 Å². The molecule has 0 spiro atoms. The Balaban J connectivity index is 2.07. The second-order valence-corrected chi connectivity index (χ2v) is 5.66. The Morgan fingerprint density at radius 2 is 1.70 bits per heavy atom. The maximum atomic E-state index is 12.9. The van der Waals surface area contributed by atoms with Crippen molar-refractivity contribution in [1.29, 1.82) is 0 Å². The first-order chi connectivity index (χ1) is 9.58.